The second kappa shape index (κ2) is 6.99. The molecule has 1 heterocycles. The lowest BCUT2D eigenvalue weighted by Crippen LogP contribution is -2.36. The zero-order valence-electron chi connectivity index (χ0n) is 15.0. The van der Waals surface area contributed by atoms with Crippen molar-refractivity contribution in [3.05, 3.63) is 53.6 Å². The van der Waals surface area contributed by atoms with Gasteiger partial charge in [0.2, 0.25) is 10.0 Å². The molecular formula is C19H22N2O4S. The Morgan fingerprint density at radius 2 is 1.77 bits per heavy atom. The molecule has 3 rings (SSSR count). The quantitative estimate of drug-likeness (QED) is 0.896. The van der Waals surface area contributed by atoms with E-state index in [4.69, 9.17) is 4.74 Å². The second-order valence-corrected chi connectivity index (χ2v) is 8.36. The van der Waals surface area contributed by atoms with E-state index >= 15 is 0 Å². The molecule has 0 saturated heterocycles. The van der Waals surface area contributed by atoms with Crippen molar-refractivity contribution in [2.45, 2.75) is 26.4 Å². The van der Waals surface area contributed by atoms with Crippen LogP contribution in [-0.2, 0) is 14.8 Å². The Morgan fingerprint density at radius 1 is 1.12 bits per heavy atom. The maximum atomic E-state index is 12.8. The van der Waals surface area contributed by atoms with Gasteiger partial charge >= 0.3 is 0 Å². The molecule has 0 aromatic heterocycles. The van der Waals surface area contributed by atoms with Gasteiger partial charge in [0.1, 0.15) is 5.75 Å². The standard InChI is InChI=1S/C19H22N2O4S/c1-13-7-6-8-14(2)18(13)20-19(22)17-11-12-21(26(3,23)24)15-9-4-5-10-16(15)25-17/h4-10,17H,11-12H2,1-3H3,(H,20,22)/t17-/m1/s1. The highest BCUT2D eigenvalue weighted by atomic mass is 32.2. The zero-order valence-corrected chi connectivity index (χ0v) is 15.8. The highest BCUT2D eigenvalue weighted by Crippen LogP contribution is 2.34. The van der Waals surface area contributed by atoms with Crippen molar-refractivity contribution in [3.8, 4) is 5.75 Å². The van der Waals surface area contributed by atoms with E-state index in [0.29, 0.717) is 11.4 Å². The number of carbonyl (C=O) groups excluding carboxylic acids is 1. The fraction of sp³-hybridized carbons (Fsp3) is 0.316. The minimum atomic E-state index is -3.46. The van der Waals surface area contributed by atoms with Crippen molar-refractivity contribution in [2.24, 2.45) is 0 Å². The molecule has 0 spiro atoms. The minimum Gasteiger partial charge on any atom is -0.478 e. The molecule has 0 bridgehead atoms. The first-order valence-corrected chi connectivity index (χ1v) is 10.2. The van der Waals surface area contributed by atoms with E-state index in [1.807, 2.05) is 32.0 Å². The summed E-state index contributed by atoms with van der Waals surface area (Å²) in [5.74, 6) is 0.102. The number of para-hydroxylation sites is 3. The van der Waals surface area contributed by atoms with E-state index in [-0.39, 0.29) is 18.9 Å². The molecule has 7 heteroatoms. The molecule has 0 fully saturated rings. The average Bonchev–Trinajstić information content (AvgIpc) is 2.77. The number of aryl methyl sites for hydroxylation is 2. The fourth-order valence-electron chi connectivity index (χ4n) is 3.07. The Morgan fingerprint density at radius 3 is 2.42 bits per heavy atom. The molecule has 1 aliphatic heterocycles. The number of carbonyl (C=O) groups is 1. The van der Waals surface area contributed by atoms with Crippen molar-refractivity contribution in [1.29, 1.82) is 0 Å². The zero-order chi connectivity index (χ0) is 18.9. The van der Waals surface area contributed by atoms with Crippen LogP contribution < -0.4 is 14.4 Å². The normalized spacial score (nSPS) is 17.0. The predicted molar refractivity (Wildman–Crippen MR) is 102 cm³/mol. The Kier molecular flexibility index (Phi) is 4.91. The van der Waals surface area contributed by atoms with Crippen LogP contribution in [0.15, 0.2) is 42.5 Å². The molecule has 1 atom stereocenters. The van der Waals surface area contributed by atoms with Crippen LogP contribution in [0.5, 0.6) is 5.75 Å². The van der Waals surface area contributed by atoms with Crippen LogP contribution in [-0.4, -0.2) is 33.2 Å². The van der Waals surface area contributed by atoms with Gasteiger partial charge in [-0.1, -0.05) is 30.3 Å². The molecule has 2 aromatic rings. The molecule has 1 N–H and O–H groups in total. The van der Waals surface area contributed by atoms with Gasteiger partial charge in [-0.05, 0) is 37.1 Å². The molecule has 138 valence electrons. The topological polar surface area (TPSA) is 75.7 Å². The van der Waals surface area contributed by atoms with Gasteiger partial charge in [-0.15, -0.1) is 0 Å². The third-order valence-electron chi connectivity index (χ3n) is 4.42. The summed E-state index contributed by atoms with van der Waals surface area (Å²) in [7, 11) is -3.46. The summed E-state index contributed by atoms with van der Waals surface area (Å²) in [5, 5.41) is 2.93. The number of nitrogens with zero attached hydrogens (tertiary/aromatic N) is 1. The van der Waals surface area contributed by atoms with Gasteiger partial charge in [-0.3, -0.25) is 9.10 Å². The Hall–Kier alpha value is -2.54. The summed E-state index contributed by atoms with van der Waals surface area (Å²) in [6.07, 6.45) is 0.640. The van der Waals surface area contributed by atoms with Crippen LogP contribution in [0, 0.1) is 13.8 Å². The van der Waals surface area contributed by atoms with Crippen LogP contribution >= 0.6 is 0 Å². The lowest BCUT2D eigenvalue weighted by molar-refractivity contribution is -0.122. The number of sulfonamides is 1. The van der Waals surface area contributed by atoms with Crippen LogP contribution in [0.2, 0.25) is 0 Å². The van der Waals surface area contributed by atoms with Crippen molar-refractivity contribution in [3.63, 3.8) is 0 Å². The summed E-state index contributed by atoms with van der Waals surface area (Å²) in [4.78, 5) is 12.8. The Bertz CT molecular complexity index is 920. The van der Waals surface area contributed by atoms with Crippen molar-refractivity contribution >= 4 is 27.3 Å². The molecule has 0 unspecified atom stereocenters. The molecule has 1 aliphatic rings. The van der Waals surface area contributed by atoms with Crippen LogP contribution in [0.3, 0.4) is 0 Å². The third-order valence-corrected chi connectivity index (χ3v) is 5.60. The van der Waals surface area contributed by atoms with Crippen LogP contribution in [0.4, 0.5) is 11.4 Å². The summed E-state index contributed by atoms with van der Waals surface area (Å²) in [5.41, 5.74) is 3.14. The van der Waals surface area contributed by atoms with Gasteiger partial charge in [0.15, 0.2) is 6.10 Å². The molecular weight excluding hydrogens is 352 g/mol. The number of ether oxygens (including phenoxy) is 1. The molecule has 0 aliphatic carbocycles. The molecule has 1 amide bonds. The first-order chi connectivity index (χ1) is 12.3. The lowest BCUT2D eigenvalue weighted by atomic mass is 10.1. The van der Waals surface area contributed by atoms with Crippen LogP contribution in [0.1, 0.15) is 17.5 Å². The van der Waals surface area contributed by atoms with Gasteiger partial charge in [-0.25, -0.2) is 8.42 Å². The van der Waals surface area contributed by atoms with E-state index in [0.717, 1.165) is 23.1 Å². The van der Waals surface area contributed by atoms with E-state index in [1.54, 1.807) is 24.3 Å². The van der Waals surface area contributed by atoms with Crippen LogP contribution in [0.25, 0.3) is 0 Å². The summed E-state index contributed by atoms with van der Waals surface area (Å²) in [6, 6.07) is 12.7. The number of hydrogen-bond donors (Lipinski definition) is 1. The van der Waals surface area contributed by atoms with E-state index in [1.165, 1.54) is 4.31 Å². The average molecular weight is 374 g/mol. The van der Waals surface area contributed by atoms with Crippen molar-refractivity contribution in [1.82, 2.24) is 0 Å². The molecule has 6 nitrogen and oxygen atoms in total. The van der Waals surface area contributed by atoms with Gasteiger partial charge in [-0.2, -0.15) is 0 Å². The minimum absolute atomic E-state index is 0.181. The third kappa shape index (κ3) is 3.67. The number of rotatable bonds is 3. The van der Waals surface area contributed by atoms with Gasteiger partial charge < -0.3 is 10.1 Å². The summed E-state index contributed by atoms with van der Waals surface area (Å²) in [6.45, 7) is 4.04. The van der Waals surface area contributed by atoms with Gasteiger partial charge in [0, 0.05) is 18.7 Å². The number of fused-ring (bicyclic) bond motifs is 1. The summed E-state index contributed by atoms with van der Waals surface area (Å²) < 4.78 is 31.4. The molecule has 0 radical (unpaired) electrons. The number of amides is 1. The first-order valence-electron chi connectivity index (χ1n) is 8.38. The number of anilines is 2. The second-order valence-electron chi connectivity index (χ2n) is 6.45. The van der Waals surface area contributed by atoms with Crippen molar-refractivity contribution in [2.75, 3.05) is 22.4 Å². The number of nitrogens with one attached hydrogen (secondary N) is 1. The van der Waals surface area contributed by atoms with Gasteiger partial charge in [0.05, 0.1) is 11.9 Å². The van der Waals surface area contributed by atoms with E-state index < -0.39 is 16.1 Å². The molecule has 2 aromatic carbocycles. The SMILES string of the molecule is Cc1cccc(C)c1NC(=O)[C@H]1CCN(S(C)(=O)=O)c2ccccc2O1. The summed E-state index contributed by atoms with van der Waals surface area (Å²) >= 11 is 0. The number of benzene rings is 2. The maximum absolute atomic E-state index is 12.8. The molecule has 0 saturated carbocycles. The molecule has 26 heavy (non-hydrogen) atoms. The lowest BCUT2D eigenvalue weighted by Gasteiger charge is -2.20. The van der Waals surface area contributed by atoms with Crippen molar-refractivity contribution < 1.29 is 17.9 Å². The smallest absolute Gasteiger partial charge is 0.265 e. The maximum Gasteiger partial charge on any atom is 0.265 e. The highest BCUT2D eigenvalue weighted by Gasteiger charge is 2.31. The Labute approximate surface area is 153 Å². The highest BCUT2D eigenvalue weighted by molar-refractivity contribution is 7.92. The predicted octanol–water partition coefficient (Wildman–Crippen LogP) is 2.86. The number of hydrogen-bond acceptors (Lipinski definition) is 4. The fourth-order valence-corrected chi connectivity index (χ4v) is 4.02. The Balaban J connectivity index is 1.88. The van der Waals surface area contributed by atoms with Gasteiger partial charge in [0.25, 0.3) is 5.91 Å². The first kappa shape index (κ1) is 18.3. The monoisotopic (exact) mass is 374 g/mol. The van der Waals surface area contributed by atoms with E-state index in [2.05, 4.69) is 5.32 Å². The van der Waals surface area contributed by atoms with E-state index in [9.17, 15) is 13.2 Å². The largest absolute Gasteiger partial charge is 0.478 e.